The second-order valence-corrected chi connectivity index (χ2v) is 4.98. The van der Waals surface area contributed by atoms with E-state index < -0.39 is 0 Å². The average Bonchev–Trinajstić information content (AvgIpc) is 3.10. The van der Waals surface area contributed by atoms with E-state index in [0.717, 1.165) is 22.3 Å². The fourth-order valence-corrected chi connectivity index (χ4v) is 2.53. The van der Waals surface area contributed by atoms with Crippen LogP contribution in [0.5, 0.6) is 0 Å². The van der Waals surface area contributed by atoms with E-state index in [1.54, 1.807) is 23.7 Å². The van der Waals surface area contributed by atoms with Crippen LogP contribution < -0.4 is 0 Å². The first kappa shape index (κ1) is 11.8. The molecule has 0 unspecified atom stereocenters. The molecular formula is C14H11N3OS. The van der Waals surface area contributed by atoms with Gasteiger partial charge in [-0.05, 0) is 11.1 Å². The highest BCUT2D eigenvalue weighted by molar-refractivity contribution is 7.13. The van der Waals surface area contributed by atoms with E-state index in [0.29, 0.717) is 12.4 Å². The molecule has 1 aromatic carbocycles. The lowest BCUT2D eigenvalue weighted by Gasteiger charge is -2.05. The lowest BCUT2D eigenvalue weighted by Crippen LogP contribution is -2.03. The van der Waals surface area contributed by atoms with Gasteiger partial charge in [0.25, 0.3) is 0 Å². The number of carbonyl (C=O) groups is 1. The fourth-order valence-electron chi connectivity index (χ4n) is 1.90. The van der Waals surface area contributed by atoms with E-state index in [1.807, 2.05) is 16.3 Å². The third-order valence-electron chi connectivity index (χ3n) is 2.88. The number of hydrogen-bond acceptors (Lipinski definition) is 4. The zero-order valence-corrected chi connectivity index (χ0v) is 10.9. The Labute approximate surface area is 114 Å². The number of hydrogen-bond donors (Lipinski definition) is 0. The smallest absolute Gasteiger partial charge is 0.185 e. The highest BCUT2D eigenvalue weighted by atomic mass is 32.1. The number of rotatable bonds is 4. The van der Waals surface area contributed by atoms with Gasteiger partial charge in [0.2, 0.25) is 0 Å². The van der Waals surface area contributed by atoms with Crippen molar-refractivity contribution in [2.45, 2.75) is 6.54 Å². The minimum absolute atomic E-state index is 0.450. The molecule has 0 bridgehead atoms. The van der Waals surface area contributed by atoms with Crippen molar-refractivity contribution in [2.24, 2.45) is 0 Å². The van der Waals surface area contributed by atoms with E-state index in [1.165, 1.54) is 0 Å². The van der Waals surface area contributed by atoms with Crippen LogP contribution in [0.25, 0.3) is 10.4 Å². The molecule has 3 rings (SSSR count). The molecule has 0 saturated heterocycles. The van der Waals surface area contributed by atoms with Gasteiger partial charge in [-0.3, -0.25) is 9.78 Å². The van der Waals surface area contributed by atoms with Gasteiger partial charge in [0.05, 0.1) is 10.4 Å². The SMILES string of the molecule is O=Cc1nccn1Cc1ccc(-c2cncs2)cc1. The Morgan fingerprint density at radius 1 is 1.26 bits per heavy atom. The standard InChI is InChI=1S/C14H11N3OS/c18-9-14-16-5-6-17(14)8-11-1-3-12(4-2-11)13-7-15-10-19-13/h1-7,9-10H,8H2. The second-order valence-electron chi connectivity index (χ2n) is 4.09. The van der Waals surface area contributed by atoms with Crippen LogP contribution in [0.15, 0.2) is 48.4 Å². The van der Waals surface area contributed by atoms with Crippen molar-refractivity contribution in [2.75, 3.05) is 0 Å². The molecule has 94 valence electrons. The Balaban J connectivity index is 1.82. The van der Waals surface area contributed by atoms with Crippen LogP contribution in [-0.4, -0.2) is 20.8 Å². The highest BCUT2D eigenvalue weighted by Crippen LogP contribution is 2.23. The topological polar surface area (TPSA) is 47.8 Å². The minimum atomic E-state index is 0.450. The Bertz CT molecular complexity index is 671. The van der Waals surface area contributed by atoms with Crippen LogP contribution in [0.1, 0.15) is 16.2 Å². The molecule has 0 aliphatic heterocycles. The summed E-state index contributed by atoms with van der Waals surface area (Å²) in [5.74, 6) is 0.450. The predicted molar refractivity (Wildman–Crippen MR) is 74.3 cm³/mol. The van der Waals surface area contributed by atoms with E-state index >= 15 is 0 Å². The van der Waals surface area contributed by atoms with E-state index in [4.69, 9.17) is 0 Å². The number of aldehydes is 1. The number of aromatic nitrogens is 3. The molecule has 5 heteroatoms. The van der Waals surface area contributed by atoms with Crippen molar-refractivity contribution in [1.82, 2.24) is 14.5 Å². The molecule has 4 nitrogen and oxygen atoms in total. The molecule has 0 aliphatic rings. The Kier molecular flexibility index (Phi) is 3.20. The number of imidazole rings is 1. The van der Waals surface area contributed by atoms with Crippen LogP contribution in [-0.2, 0) is 6.54 Å². The van der Waals surface area contributed by atoms with Crippen molar-refractivity contribution in [3.63, 3.8) is 0 Å². The quantitative estimate of drug-likeness (QED) is 0.684. The van der Waals surface area contributed by atoms with Gasteiger partial charge in [-0.25, -0.2) is 4.98 Å². The number of nitrogens with zero attached hydrogens (tertiary/aromatic N) is 3. The molecule has 0 atom stereocenters. The summed E-state index contributed by atoms with van der Waals surface area (Å²) in [6.07, 6.45) is 6.07. The Morgan fingerprint density at radius 3 is 2.79 bits per heavy atom. The van der Waals surface area contributed by atoms with E-state index in [9.17, 15) is 4.79 Å². The Hall–Kier alpha value is -2.27. The van der Waals surface area contributed by atoms with Crippen molar-refractivity contribution in [3.05, 3.63) is 59.8 Å². The Morgan fingerprint density at radius 2 is 2.11 bits per heavy atom. The first-order valence-corrected chi connectivity index (χ1v) is 6.69. The van der Waals surface area contributed by atoms with Crippen molar-refractivity contribution in [1.29, 1.82) is 0 Å². The third-order valence-corrected chi connectivity index (χ3v) is 3.70. The molecule has 0 spiro atoms. The van der Waals surface area contributed by atoms with Crippen LogP contribution in [0.2, 0.25) is 0 Å². The maximum absolute atomic E-state index is 10.8. The van der Waals surface area contributed by atoms with Gasteiger partial charge in [0, 0.05) is 25.1 Å². The van der Waals surface area contributed by atoms with E-state index in [-0.39, 0.29) is 0 Å². The van der Waals surface area contributed by atoms with Crippen molar-refractivity contribution >= 4 is 17.6 Å². The first-order chi connectivity index (χ1) is 9.36. The molecule has 3 aromatic rings. The van der Waals surface area contributed by atoms with Gasteiger partial charge in [0.15, 0.2) is 12.1 Å². The lowest BCUT2D eigenvalue weighted by atomic mass is 10.1. The second kappa shape index (κ2) is 5.16. The van der Waals surface area contributed by atoms with Crippen LogP contribution >= 0.6 is 11.3 Å². The summed E-state index contributed by atoms with van der Waals surface area (Å²) in [6, 6.07) is 8.26. The van der Waals surface area contributed by atoms with Crippen LogP contribution in [0.4, 0.5) is 0 Å². The summed E-state index contributed by atoms with van der Waals surface area (Å²) in [4.78, 5) is 20.0. The monoisotopic (exact) mass is 269 g/mol. The molecule has 19 heavy (non-hydrogen) atoms. The summed E-state index contributed by atoms with van der Waals surface area (Å²) in [6.45, 7) is 0.650. The number of carbonyl (C=O) groups excluding carboxylic acids is 1. The minimum Gasteiger partial charge on any atom is -0.324 e. The van der Waals surface area contributed by atoms with Gasteiger partial charge in [-0.15, -0.1) is 11.3 Å². The molecule has 0 saturated carbocycles. The zero-order valence-electron chi connectivity index (χ0n) is 10.1. The first-order valence-electron chi connectivity index (χ1n) is 5.81. The molecule has 0 N–H and O–H groups in total. The normalized spacial score (nSPS) is 10.5. The summed E-state index contributed by atoms with van der Waals surface area (Å²) < 4.78 is 1.83. The number of thiazole rings is 1. The summed E-state index contributed by atoms with van der Waals surface area (Å²) >= 11 is 1.62. The lowest BCUT2D eigenvalue weighted by molar-refractivity contribution is 0.111. The van der Waals surface area contributed by atoms with Crippen LogP contribution in [0.3, 0.4) is 0 Å². The summed E-state index contributed by atoms with van der Waals surface area (Å²) in [5, 5.41) is 0. The van der Waals surface area contributed by atoms with Gasteiger partial charge in [0.1, 0.15) is 0 Å². The molecule has 2 aromatic heterocycles. The largest absolute Gasteiger partial charge is 0.324 e. The highest BCUT2D eigenvalue weighted by Gasteiger charge is 2.03. The number of benzene rings is 1. The fraction of sp³-hybridized carbons (Fsp3) is 0.0714. The molecule has 0 fully saturated rings. The summed E-state index contributed by atoms with van der Waals surface area (Å²) in [7, 11) is 0. The van der Waals surface area contributed by atoms with Gasteiger partial charge in [-0.1, -0.05) is 24.3 Å². The molecular weight excluding hydrogens is 258 g/mol. The predicted octanol–water partition coefficient (Wildman–Crippen LogP) is 2.87. The molecule has 0 radical (unpaired) electrons. The van der Waals surface area contributed by atoms with Crippen molar-refractivity contribution in [3.8, 4) is 10.4 Å². The van der Waals surface area contributed by atoms with Gasteiger partial charge in [-0.2, -0.15) is 0 Å². The molecule has 2 heterocycles. The maximum atomic E-state index is 10.8. The maximum Gasteiger partial charge on any atom is 0.185 e. The van der Waals surface area contributed by atoms with Gasteiger partial charge >= 0.3 is 0 Å². The van der Waals surface area contributed by atoms with Crippen LogP contribution in [0, 0.1) is 0 Å². The molecule has 0 amide bonds. The average molecular weight is 269 g/mol. The zero-order chi connectivity index (χ0) is 13.1. The van der Waals surface area contributed by atoms with Gasteiger partial charge < -0.3 is 4.57 Å². The van der Waals surface area contributed by atoms with Crippen molar-refractivity contribution < 1.29 is 4.79 Å². The third kappa shape index (κ3) is 2.46. The van der Waals surface area contributed by atoms with E-state index in [2.05, 4.69) is 34.2 Å². The summed E-state index contributed by atoms with van der Waals surface area (Å²) in [5.41, 5.74) is 4.12. The molecule has 0 aliphatic carbocycles.